The Bertz CT molecular complexity index is 219. The maximum absolute atomic E-state index is 5.65. The number of rotatable bonds is 1. The summed E-state index contributed by atoms with van der Waals surface area (Å²) in [5.74, 6) is 0.490. The molecule has 0 saturated carbocycles. The second-order valence-corrected chi connectivity index (χ2v) is 3.69. The van der Waals surface area contributed by atoms with E-state index in [1.807, 2.05) is 0 Å². The summed E-state index contributed by atoms with van der Waals surface area (Å²) in [6.45, 7) is 0. The van der Waals surface area contributed by atoms with E-state index >= 15 is 0 Å². The maximum atomic E-state index is 5.65. The zero-order valence-electron chi connectivity index (χ0n) is 4.94. The first-order valence-corrected chi connectivity index (χ1v) is 4.71. The molecule has 1 aromatic heterocycles. The summed E-state index contributed by atoms with van der Waals surface area (Å²) in [6.07, 6.45) is 3.45. The highest BCUT2D eigenvalue weighted by atomic mass is 79.9. The van der Waals surface area contributed by atoms with Gasteiger partial charge in [-0.15, -0.1) is 11.6 Å². The van der Waals surface area contributed by atoms with Crippen molar-refractivity contribution in [2.75, 3.05) is 0 Å². The van der Waals surface area contributed by atoms with E-state index in [9.17, 15) is 0 Å². The Balaban J connectivity index is 3.17. The molecule has 4 heteroatoms. The van der Waals surface area contributed by atoms with Gasteiger partial charge in [-0.25, -0.2) is 0 Å². The van der Waals surface area contributed by atoms with E-state index < -0.39 is 0 Å². The molecule has 1 heterocycles. The molecule has 0 amide bonds. The highest BCUT2D eigenvalue weighted by Gasteiger charge is 2.01. The Labute approximate surface area is 81.1 Å². The van der Waals surface area contributed by atoms with Gasteiger partial charge in [0.25, 0.3) is 0 Å². The average Bonchev–Trinajstić information content (AvgIpc) is 1.88. The second-order valence-electron chi connectivity index (χ2n) is 1.72. The number of nitrogens with zero attached hydrogens (tertiary/aromatic N) is 1. The number of hydrogen-bond acceptors (Lipinski definition) is 1. The smallest absolute Gasteiger partial charge is 0.0497 e. The van der Waals surface area contributed by atoms with Crippen molar-refractivity contribution in [2.45, 2.75) is 5.88 Å². The van der Waals surface area contributed by atoms with Crippen molar-refractivity contribution in [2.24, 2.45) is 0 Å². The average molecular weight is 285 g/mol. The minimum absolute atomic E-state index is 0.490. The molecule has 0 aliphatic carbocycles. The van der Waals surface area contributed by atoms with Crippen molar-refractivity contribution in [3.8, 4) is 0 Å². The molecule has 0 radical (unpaired) electrons. The van der Waals surface area contributed by atoms with E-state index in [0.717, 1.165) is 14.5 Å². The molecule has 0 aliphatic rings. The predicted octanol–water partition coefficient (Wildman–Crippen LogP) is 3.35. The molecule has 0 atom stereocenters. The van der Waals surface area contributed by atoms with Gasteiger partial charge in [0.2, 0.25) is 0 Å². The van der Waals surface area contributed by atoms with Crippen LogP contribution >= 0.6 is 43.5 Å². The third kappa shape index (κ3) is 1.71. The van der Waals surface area contributed by atoms with E-state index in [0.29, 0.717) is 5.88 Å². The number of hydrogen-bond donors (Lipinski definition) is 0. The molecular formula is C6H4Br2ClN. The highest BCUT2D eigenvalue weighted by Crippen LogP contribution is 2.24. The summed E-state index contributed by atoms with van der Waals surface area (Å²) in [5, 5.41) is 0. The van der Waals surface area contributed by atoms with Crippen molar-refractivity contribution in [3.05, 3.63) is 26.9 Å². The summed E-state index contributed by atoms with van der Waals surface area (Å²) in [4.78, 5) is 3.94. The molecule has 0 aliphatic heterocycles. The lowest BCUT2D eigenvalue weighted by atomic mass is 10.3. The van der Waals surface area contributed by atoms with Crippen LogP contribution in [0.1, 0.15) is 5.56 Å². The largest absolute Gasteiger partial charge is 0.262 e. The predicted molar refractivity (Wildman–Crippen MR) is 49.2 cm³/mol. The summed E-state index contributed by atoms with van der Waals surface area (Å²) >= 11 is 12.3. The molecule has 1 aromatic rings. The monoisotopic (exact) mass is 283 g/mol. The summed E-state index contributed by atoms with van der Waals surface area (Å²) in [7, 11) is 0. The van der Waals surface area contributed by atoms with E-state index in [1.165, 1.54) is 0 Å². The summed E-state index contributed by atoms with van der Waals surface area (Å²) in [5.41, 5.74) is 1.04. The van der Waals surface area contributed by atoms with Gasteiger partial charge in [0, 0.05) is 27.2 Å². The Morgan fingerprint density at radius 2 is 1.80 bits per heavy atom. The van der Waals surface area contributed by atoms with Crippen molar-refractivity contribution in [3.63, 3.8) is 0 Å². The Kier molecular flexibility index (Phi) is 3.14. The summed E-state index contributed by atoms with van der Waals surface area (Å²) < 4.78 is 1.88. The van der Waals surface area contributed by atoms with Gasteiger partial charge in [-0.3, -0.25) is 4.98 Å². The van der Waals surface area contributed by atoms with Gasteiger partial charge in [0.15, 0.2) is 0 Å². The fraction of sp³-hybridized carbons (Fsp3) is 0.167. The Hall–Kier alpha value is 0.400. The standard InChI is InChI=1S/C6H4Br2ClN/c7-5-2-10-3-6(8)4(5)1-9/h2-3H,1H2. The molecule has 54 valence electrons. The van der Waals surface area contributed by atoms with Crippen molar-refractivity contribution < 1.29 is 0 Å². The summed E-state index contributed by atoms with van der Waals surface area (Å²) in [6, 6.07) is 0. The van der Waals surface area contributed by atoms with Crippen LogP contribution < -0.4 is 0 Å². The fourth-order valence-electron chi connectivity index (χ4n) is 0.566. The van der Waals surface area contributed by atoms with E-state index in [1.54, 1.807) is 12.4 Å². The number of pyridine rings is 1. The molecule has 0 aromatic carbocycles. The minimum Gasteiger partial charge on any atom is -0.262 e. The molecule has 1 rings (SSSR count). The van der Waals surface area contributed by atoms with Gasteiger partial charge in [-0.05, 0) is 37.4 Å². The quantitative estimate of drug-likeness (QED) is 0.721. The van der Waals surface area contributed by atoms with Crippen LogP contribution in [0.3, 0.4) is 0 Å². The minimum atomic E-state index is 0.490. The van der Waals surface area contributed by atoms with Gasteiger partial charge in [0.1, 0.15) is 0 Å². The van der Waals surface area contributed by atoms with Crippen LogP contribution in [0.25, 0.3) is 0 Å². The lowest BCUT2D eigenvalue weighted by Gasteiger charge is -2.00. The number of alkyl halides is 1. The first-order valence-electron chi connectivity index (χ1n) is 2.59. The second kappa shape index (κ2) is 3.69. The van der Waals surface area contributed by atoms with Crippen LogP contribution in [0.5, 0.6) is 0 Å². The van der Waals surface area contributed by atoms with Gasteiger partial charge in [0.05, 0.1) is 0 Å². The van der Waals surface area contributed by atoms with E-state index in [4.69, 9.17) is 11.6 Å². The SMILES string of the molecule is ClCc1c(Br)cncc1Br. The Morgan fingerprint density at radius 3 is 2.10 bits per heavy atom. The van der Waals surface area contributed by atoms with Crippen LogP contribution in [0, 0.1) is 0 Å². The third-order valence-electron chi connectivity index (χ3n) is 1.09. The van der Waals surface area contributed by atoms with Crippen LogP contribution in [0.4, 0.5) is 0 Å². The first kappa shape index (κ1) is 8.50. The fourth-order valence-corrected chi connectivity index (χ4v) is 2.39. The third-order valence-corrected chi connectivity index (χ3v) is 2.72. The topological polar surface area (TPSA) is 12.9 Å². The van der Waals surface area contributed by atoms with Gasteiger partial charge in [-0.2, -0.15) is 0 Å². The van der Waals surface area contributed by atoms with Crippen LogP contribution in [-0.4, -0.2) is 4.98 Å². The van der Waals surface area contributed by atoms with Crippen molar-refractivity contribution in [1.29, 1.82) is 0 Å². The zero-order chi connectivity index (χ0) is 7.56. The van der Waals surface area contributed by atoms with Crippen LogP contribution in [-0.2, 0) is 5.88 Å². The molecule has 1 nitrogen and oxygen atoms in total. The lowest BCUT2D eigenvalue weighted by Crippen LogP contribution is -1.84. The lowest BCUT2D eigenvalue weighted by molar-refractivity contribution is 1.22. The molecule has 0 spiro atoms. The van der Waals surface area contributed by atoms with Gasteiger partial charge in [-0.1, -0.05) is 0 Å². The molecular weight excluding hydrogens is 281 g/mol. The first-order chi connectivity index (χ1) is 4.75. The molecule has 0 bridgehead atoms. The zero-order valence-corrected chi connectivity index (χ0v) is 8.87. The highest BCUT2D eigenvalue weighted by molar-refractivity contribution is 9.11. The van der Waals surface area contributed by atoms with Crippen LogP contribution in [0.2, 0.25) is 0 Å². The van der Waals surface area contributed by atoms with Crippen molar-refractivity contribution >= 4 is 43.5 Å². The number of halogens is 3. The van der Waals surface area contributed by atoms with Gasteiger partial charge < -0.3 is 0 Å². The molecule has 0 fully saturated rings. The molecule has 0 N–H and O–H groups in total. The maximum Gasteiger partial charge on any atom is 0.0497 e. The van der Waals surface area contributed by atoms with Crippen molar-refractivity contribution in [1.82, 2.24) is 4.98 Å². The molecule has 10 heavy (non-hydrogen) atoms. The Morgan fingerprint density at radius 1 is 1.30 bits per heavy atom. The van der Waals surface area contributed by atoms with Gasteiger partial charge >= 0.3 is 0 Å². The molecule has 0 unspecified atom stereocenters. The van der Waals surface area contributed by atoms with E-state index in [-0.39, 0.29) is 0 Å². The normalized spacial score (nSPS) is 9.90. The molecule has 0 saturated heterocycles. The van der Waals surface area contributed by atoms with E-state index in [2.05, 4.69) is 36.8 Å². The number of aromatic nitrogens is 1. The van der Waals surface area contributed by atoms with Crippen LogP contribution in [0.15, 0.2) is 21.3 Å².